The number of likely N-dealkylation sites (tertiary alicyclic amines) is 1. The number of benzene rings is 1. The number of halogens is 1. The second-order valence-corrected chi connectivity index (χ2v) is 10.0. The van der Waals surface area contributed by atoms with Gasteiger partial charge in [-0.25, -0.2) is 4.79 Å². The average Bonchev–Trinajstić information content (AvgIpc) is 2.55. The summed E-state index contributed by atoms with van der Waals surface area (Å²) >= 11 is 6.24. The van der Waals surface area contributed by atoms with Crippen molar-refractivity contribution in [2.75, 3.05) is 39.1 Å². The molecule has 1 aliphatic carbocycles. The maximum atomic E-state index is 12.2. The third kappa shape index (κ3) is 4.56. The summed E-state index contributed by atoms with van der Waals surface area (Å²) in [5.74, 6) is 0. The van der Waals surface area contributed by atoms with Crippen molar-refractivity contribution in [1.29, 1.82) is 0 Å². The van der Waals surface area contributed by atoms with Gasteiger partial charge in [-0.3, -0.25) is 4.79 Å². The molecular weight excluding hydrogens is 404 g/mol. The van der Waals surface area contributed by atoms with Crippen LogP contribution in [0, 0.1) is 5.41 Å². The lowest BCUT2D eigenvalue weighted by Crippen LogP contribution is -2.67. The van der Waals surface area contributed by atoms with E-state index in [1.807, 2.05) is 48.0 Å². The van der Waals surface area contributed by atoms with E-state index in [0.29, 0.717) is 16.6 Å². The lowest BCUT2D eigenvalue weighted by Gasteiger charge is -2.60. The molecular formula is C22H31ClN4O3. The zero-order chi connectivity index (χ0) is 22.3. The number of carbonyl (C=O) groups excluding carboxylic acids is 2. The third-order valence-corrected chi connectivity index (χ3v) is 6.05. The van der Waals surface area contributed by atoms with Crippen molar-refractivity contribution in [3.63, 3.8) is 0 Å². The van der Waals surface area contributed by atoms with Gasteiger partial charge in [0.2, 0.25) is 0 Å². The standard InChI is InChI=1S/C22H31ClN4O3/c1-21(2,3)30-20(29)27-13-22(14-27)9-15(10-22)26(6)19-8-7-18(23)17(12-28)16(19)11-24-25(4)5/h7-8,11-12,15H,9-10,13-14H2,1-6H3/b24-11-. The molecule has 1 saturated heterocycles. The molecule has 0 N–H and O–H groups in total. The van der Waals surface area contributed by atoms with Crippen molar-refractivity contribution in [2.24, 2.45) is 10.5 Å². The Morgan fingerprint density at radius 1 is 1.23 bits per heavy atom. The van der Waals surface area contributed by atoms with Crippen LogP contribution < -0.4 is 4.90 Å². The van der Waals surface area contributed by atoms with Crippen LogP contribution in [0.15, 0.2) is 17.2 Å². The number of ether oxygens (including phenoxy) is 1. The first-order valence-electron chi connectivity index (χ1n) is 10.1. The molecule has 3 rings (SSSR count). The molecule has 1 spiro atoms. The number of nitrogens with zero attached hydrogens (tertiary/aromatic N) is 4. The highest BCUT2D eigenvalue weighted by molar-refractivity contribution is 6.33. The fraction of sp³-hybridized carbons (Fsp3) is 0.591. The molecule has 2 aliphatic rings. The van der Waals surface area contributed by atoms with E-state index < -0.39 is 5.60 Å². The van der Waals surface area contributed by atoms with E-state index in [4.69, 9.17) is 16.3 Å². The van der Waals surface area contributed by atoms with Crippen LogP contribution in [0.4, 0.5) is 10.5 Å². The monoisotopic (exact) mass is 434 g/mol. The van der Waals surface area contributed by atoms with Crippen molar-refractivity contribution in [2.45, 2.75) is 45.3 Å². The maximum absolute atomic E-state index is 12.2. The number of hydrogen-bond donors (Lipinski definition) is 0. The molecule has 0 aromatic heterocycles. The lowest BCUT2D eigenvalue weighted by atomic mass is 9.60. The van der Waals surface area contributed by atoms with Gasteiger partial charge in [0, 0.05) is 62.5 Å². The number of rotatable bonds is 5. The highest BCUT2D eigenvalue weighted by Gasteiger charge is 2.55. The molecule has 0 bridgehead atoms. The van der Waals surface area contributed by atoms with E-state index in [9.17, 15) is 9.59 Å². The van der Waals surface area contributed by atoms with Gasteiger partial charge in [-0.15, -0.1) is 0 Å². The van der Waals surface area contributed by atoms with Gasteiger partial charge in [-0.1, -0.05) is 11.6 Å². The quantitative estimate of drug-likeness (QED) is 0.399. The summed E-state index contributed by atoms with van der Waals surface area (Å²) in [7, 11) is 5.69. The molecule has 1 aromatic rings. The van der Waals surface area contributed by atoms with Crippen LogP contribution in [-0.2, 0) is 4.74 Å². The van der Waals surface area contributed by atoms with E-state index in [1.54, 1.807) is 22.2 Å². The first kappa shape index (κ1) is 22.4. The fourth-order valence-corrected chi connectivity index (χ4v) is 4.43. The summed E-state index contributed by atoms with van der Waals surface area (Å²) in [6.45, 7) is 7.12. The lowest BCUT2D eigenvalue weighted by molar-refractivity contribution is -0.0774. The molecule has 7 nitrogen and oxygen atoms in total. The zero-order valence-corrected chi connectivity index (χ0v) is 19.4. The van der Waals surface area contributed by atoms with Crippen molar-refractivity contribution < 1.29 is 14.3 Å². The Hall–Kier alpha value is -2.28. The first-order chi connectivity index (χ1) is 13.9. The van der Waals surface area contributed by atoms with E-state index >= 15 is 0 Å². The van der Waals surface area contributed by atoms with Crippen LogP contribution in [0.3, 0.4) is 0 Å². The second kappa shape index (κ2) is 8.10. The van der Waals surface area contributed by atoms with Gasteiger partial charge >= 0.3 is 6.09 Å². The Bertz CT molecular complexity index is 849. The highest BCUT2D eigenvalue weighted by Crippen LogP contribution is 2.51. The number of carbonyl (C=O) groups is 2. The van der Waals surface area contributed by atoms with Gasteiger partial charge in [-0.05, 0) is 45.7 Å². The minimum absolute atomic E-state index is 0.174. The summed E-state index contributed by atoms with van der Waals surface area (Å²) in [6, 6.07) is 4.02. The van der Waals surface area contributed by atoms with Crippen LogP contribution >= 0.6 is 11.6 Å². The summed E-state index contributed by atoms with van der Waals surface area (Å²) in [4.78, 5) is 27.8. The molecule has 0 unspecified atom stereocenters. The molecule has 1 aliphatic heterocycles. The Labute approximate surface area is 183 Å². The minimum atomic E-state index is -0.475. The third-order valence-electron chi connectivity index (χ3n) is 5.72. The average molecular weight is 435 g/mol. The molecule has 0 radical (unpaired) electrons. The molecule has 0 atom stereocenters. The fourth-order valence-electron chi connectivity index (χ4n) is 4.22. The topological polar surface area (TPSA) is 65.4 Å². The van der Waals surface area contributed by atoms with Gasteiger partial charge in [0.25, 0.3) is 0 Å². The SMILES string of the molecule is CN(C)/N=C\c1c(N(C)C2CC3(C2)CN(C(=O)OC(C)(C)C)C3)ccc(Cl)c1C=O. The van der Waals surface area contributed by atoms with Gasteiger partial charge < -0.3 is 19.5 Å². The molecule has 30 heavy (non-hydrogen) atoms. The predicted octanol–water partition coefficient (Wildman–Crippen LogP) is 3.88. The van der Waals surface area contributed by atoms with Crippen molar-refractivity contribution in [1.82, 2.24) is 9.91 Å². The van der Waals surface area contributed by atoms with Crippen LogP contribution in [0.2, 0.25) is 5.02 Å². The summed E-state index contributed by atoms with van der Waals surface area (Å²) < 4.78 is 5.46. The first-order valence-corrected chi connectivity index (χ1v) is 10.5. The highest BCUT2D eigenvalue weighted by atomic mass is 35.5. The second-order valence-electron chi connectivity index (χ2n) is 9.61. The summed E-state index contributed by atoms with van der Waals surface area (Å²) in [5, 5.41) is 6.41. The van der Waals surface area contributed by atoms with Crippen LogP contribution in [-0.4, -0.2) is 74.4 Å². The maximum Gasteiger partial charge on any atom is 0.410 e. The van der Waals surface area contributed by atoms with Gasteiger partial charge in [0.05, 0.1) is 11.2 Å². The van der Waals surface area contributed by atoms with Gasteiger partial charge in [0.1, 0.15) is 5.60 Å². The van der Waals surface area contributed by atoms with Crippen molar-refractivity contribution in [3.8, 4) is 0 Å². The Balaban J connectivity index is 1.68. The molecule has 1 heterocycles. The Morgan fingerprint density at radius 3 is 2.40 bits per heavy atom. The molecule has 164 valence electrons. The molecule has 8 heteroatoms. The molecule has 1 amide bonds. The number of amides is 1. The number of anilines is 1. The van der Waals surface area contributed by atoms with Crippen LogP contribution in [0.25, 0.3) is 0 Å². The van der Waals surface area contributed by atoms with E-state index in [0.717, 1.165) is 43.5 Å². The largest absolute Gasteiger partial charge is 0.444 e. The molecule has 2 fully saturated rings. The number of hydrazone groups is 1. The van der Waals surface area contributed by atoms with E-state index in [1.165, 1.54) is 0 Å². The minimum Gasteiger partial charge on any atom is -0.444 e. The van der Waals surface area contributed by atoms with Crippen LogP contribution in [0.1, 0.15) is 49.5 Å². The smallest absolute Gasteiger partial charge is 0.410 e. The number of aldehydes is 1. The Kier molecular flexibility index (Phi) is 6.05. The predicted molar refractivity (Wildman–Crippen MR) is 120 cm³/mol. The Morgan fingerprint density at radius 2 is 1.87 bits per heavy atom. The zero-order valence-electron chi connectivity index (χ0n) is 18.6. The number of hydrogen-bond acceptors (Lipinski definition) is 6. The van der Waals surface area contributed by atoms with Crippen LogP contribution in [0.5, 0.6) is 0 Å². The molecule has 1 aromatic carbocycles. The van der Waals surface area contributed by atoms with Gasteiger partial charge in [0.15, 0.2) is 6.29 Å². The van der Waals surface area contributed by atoms with Gasteiger partial charge in [-0.2, -0.15) is 5.10 Å². The van der Waals surface area contributed by atoms with Crippen molar-refractivity contribution >= 4 is 35.9 Å². The summed E-state index contributed by atoms with van der Waals surface area (Å²) in [5.41, 5.74) is 1.79. The van der Waals surface area contributed by atoms with E-state index in [2.05, 4.69) is 10.0 Å². The van der Waals surface area contributed by atoms with Crippen molar-refractivity contribution in [3.05, 3.63) is 28.3 Å². The normalized spacial score (nSPS) is 18.2. The summed E-state index contributed by atoms with van der Waals surface area (Å²) in [6.07, 6.45) is 4.21. The van der Waals surface area contributed by atoms with E-state index in [-0.39, 0.29) is 11.5 Å². The molecule has 1 saturated carbocycles.